The van der Waals surface area contributed by atoms with E-state index in [1.165, 1.54) is 24.3 Å². The van der Waals surface area contributed by atoms with E-state index in [-0.39, 0.29) is 17.5 Å². The Balaban J connectivity index is 2.06. The van der Waals surface area contributed by atoms with Gasteiger partial charge in [0.25, 0.3) is 5.95 Å². The van der Waals surface area contributed by atoms with Gasteiger partial charge in [0.15, 0.2) is 12.0 Å². The quantitative estimate of drug-likeness (QED) is 0.675. The minimum Gasteiger partial charge on any atom is -0.508 e. The average Bonchev–Trinajstić information content (AvgIpc) is 2.86. The van der Waals surface area contributed by atoms with E-state index in [1.807, 2.05) is 0 Å². The van der Waals surface area contributed by atoms with Gasteiger partial charge in [0.1, 0.15) is 5.75 Å². The molecule has 2 rings (SSSR count). The number of hydrogen-bond donors (Lipinski definition) is 1. The van der Waals surface area contributed by atoms with Crippen LogP contribution in [-0.2, 0) is 4.79 Å². The van der Waals surface area contributed by atoms with E-state index in [4.69, 9.17) is 9.15 Å². The lowest BCUT2D eigenvalue weighted by atomic mass is 10.0. The Morgan fingerprint density at radius 2 is 1.95 bits per heavy atom. The number of aromatic hydroxyl groups is 1. The molecule has 0 aliphatic carbocycles. The first-order valence-electron chi connectivity index (χ1n) is 5.66. The van der Waals surface area contributed by atoms with Crippen LogP contribution in [0.15, 0.2) is 40.8 Å². The van der Waals surface area contributed by atoms with Gasteiger partial charge in [-0.25, -0.2) is 0 Å². The summed E-state index contributed by atoms with van der Waals surface area (Å²) in [5.41, 5.74) is 0.713. The predicted octanol–water partition coefficient (Wildman–Crippen LogP) is 2.51. The zero-order valence-electron chi connectivity index (χ0n) is 10.2. The summed E-state index contributed by atoms with van der Waals surface area (Å²) in [6.45, 7) is 1.68. The summed E-state index contributed by atoms with van der Waals surface area (Å²) in [4.78, 5) is 22.3. The molecule has 1 heterocycles. The van der Waals surface area contributed by atoms with E-state index in [2.05, 4.69) is 0 Å². The lowest BCUT2D eigenvalue weighted by Gasteiger charge is -2.09. The predicted molar refractivity (Wildman–Crippen MR) is 66.3 cm³/mol. The zero-order valence-corrected chi connectivity index (χ0v) is 10.2. The largest absolute Gasteiger partial charge is 0.508 e. The van der Waals surface area contributed by atoms with Crippen molar-refractivity contribution in [1.82, 2.24) is 0 Å². The number of ether oxygens (including phenoxy) is 1. The van der Waals surface area contributed by atoms with Gasteiger partial charge in [-0.15, -0.1) is 0 Å². The first-order valence-corrected chi connectivity index (χ1v) is 5.66. The molecule has 0 radical (unpaired) electrons. The Kier molecular flexibility index (Phi) is 3.66. The van der Waals surface area contributed by atoms with Gasteiger partial charge in [-0.05, 0) is 30.7 Å². The highest BCUT2D eigenvalue weighted by Crippen LogP contribution is 2.22. The Morgan fingerprint density at radius 3 is 2.53 bits per heavy atom. The minimum atomic E-state index is -0.509. The first kappa shape index (κ1) is 12.9. The van der Waals surface area contributed by atoms with Crippen molar-refractivity contribution in [1.29, 1.82) is 0 Å². The van der Waals surface area contributed by atoms with Crippen LogP contribution < -0.4 is 4.74 Å². The van der Waals surface area contributed by atoms with Crippen LogP contribution in [-0.4, -0.2) is 17.4 Å². The van der Waals surface area contributed by atoms with E-state index in [0.717, 1.165) is 0 Å². The minimum absolute atomic E-state index is 0.0160. The van der Waals surface area contributed by atoms with Gasteiger partial charge >= 0.3 is 5.97 Å². The van der Waals surface area contributed by atoms with Crippen molar-refractivity contribution in [3.8, 4) is 11.7 Å². The number of aldehydes is 1. The van der Waals surface area contributed by atoms with Crippen LogP contribution in [0.2, 0.25) is 0 Å². The molecule has 0 amide bonds. The van der Waals surface area contributed by atoms with Crippen molar-refractivity contribution in [2.75, 3.05) is 0 Å². The smallest absolute Gasteiger partial charge is 0.320 e. The van der Waals surface area contributed by atoms with Gasteiger partial charge < -0.3 is 14.3 Å². The number of carbonyl (C=O) groups is 2. The molecule has 5 heteroatoms. The molecule has 0 aliphatic rings. The third-order valence-corrected chi connectivity index (χ3v) is 2.67. The van der Waals surface area contributed by atoms with Crippen LogP contribution >= 0.6 is 0 Å². The summed E-state index contributed by atoms with van der Waals surface area (Å²) in [7, 11) is 0. The molecule has 19 heavy (non-hydrogen) atoms. The summed E-state index contributed by atoms with van der Waals surface area (Å²) in [5, 5.41) is 9.18. The van der Waals surface area contributed by atoms with Crippen molar-refractivity contribution in [2.24, 2.45) is 0 Å². The van der Waals surface area contributed by atoms with Gasteiger partial charge in [0.05, 0.1) is 5.92 Å². The molecule has 98 valence electrons. The number of phenolic OH excluding ortho intramolecular Hbond substituents is 1. The Labute approximate surface area is 109 Å². The average molecular weight is 260 g/mol. The lowest BCUT2D eigenvalue weighted by Crippen LogP contribution is -2.15. The maximum atomic E-state index is 11.9. The van der Waals surface area contributed by atoms with Crippen molar-refractivity contribution in [3.63, 3.8) is 0 Å². The molecular formula is C14H12O5. The van der Waals surface area contributed by atoms with Crippen LogP contribution in [0.5, 0.6) is 11.7 Å². The van der Waals surface area contributed by atoms with Gasteiger partial charge in [0, 0.05) is 6.07 Å². The summed E-state index contributed by atoms with van der Waals surface area (Å²) in [6, 6.07) is 9.10. The second kappa shape index (κ2) is 5.39. The van der Waals surface area contributed by atoms with E-state index in [0.29, 0.717) is 11.8 Å². The molecule has 2 aromatic rings. The summed E-state index contributed by atoms with van der Waals surface area (Å²) in [5.74, 6) is -0.799. The second-order valence-electron chi connectivity index (χ2n) is 4.01. The Hall–Kier alpha value is -2.56. The monoisotopic (exact) mass is 260 g/mol. The summed E-state index contributed by atoms with van der Waals surface area (Å²) >= 11 is 0. The normalized spacial score (nSPS) is 11.8. The summed E-state index contributed by atoms with van der Waals surface area (Å²) < 4.78 is 9.97. The van der Waals surface area contributed by atoms with Crippen LogP contribution in [0, 0.1) is 0 Å². The third-order valence-electron chi connectivity index (χ3n) is 2.67. The number of carbonyl (C=O) groups excluding carboxylic acids is 2. The molecule has 0 saturated heterocycles. The molecule has 0 bridgehead atoms. The highest BCUT2D eigenvalue weighted by atomic mass is 16.6. The molecule has 1 aromatic carbocycles. The SMILES string of the molecule is CC(C(=O)Oc1ccc(C=O)o1)c1ccc(O)cc1. The molecule has 1 aromatic heterocycles. The molecule has 0 spiro atoms. The first-order chi connectivity index (χ1) is 9.10. The van der Waals surface area contributed by atoms with Gasteiger partial charge in [-0.3, -0.25) is 9.59 Å². The number of phenols is 1. The maximum absolute atomic E-state index is 11.9. The molecule has 1 atom stereocenters. The standard InChI is InChI=1S/C14H12O5/c1-9(10-2-4-11(16)5-3-10)14(17)19-13-7-6-12(8-15)18-13/h2-9,16H,1H3. The fraction of sp³-hybridized carbons (Fsp3) is 0.143. The van der Waals surface area contributed by atoms with Gasteiger partial charge in [-0.1, -0.05) is 12.1 Å². The number of benzene rings is 1. The van der Waals surface area contributed by atoms with Crippen LogP contribution in [0.4, 0.5) is 0 Å². The third kappa shape index (κ3) is 3.01. The molecule has 1 unspecified atom stereocenters. The van der Waals surface area contributed by atoms with Gasteiger partial charge in [0.2, 0.25) is 0 Å². The number of furan rings is 1. The summed E-state index contributed by atoms with van der Waals surface area (Å²) in [6.07, 6.45) is 0.529. The van der Waals surface area contributed by atoms with Crippen molar-refractivity contribution in [2.45, 2.75) is 12.8 Å². The maximum Gasteiger partial charge on any atom is 0.320 e. The molecule has 1 N–H and O–H groups in total. The van der Waals surface area contributed by atoms with E-state index in [9.17, 15) is 14.7 Å². The molecular weight excluding hydrogens is 248 g/mol. The van der Waals surface area contributed by atoms with Gasteiger partial charge in [-0.2, -0.15) is 0 Å². The Morgan fingerprint density at radius 1 is 1.26 bits per heavy atom. The fourth-order valence-electron chi connectivity index (χ4n) is 1.54. The topological polar surface area (TPSA) is 76.7 Å². The molecule has 0 saturated carbocycles. The number of esters is 1. The highest BCUT2D eigenvalue weighted by Gasteiger charge is 2.19. The van der Waals surface area contributed by atoms with E-state index >= 15 is 0 Å². The van der Waals surface area contributed by atoms with Crippen LogP contribution in [0.1, 0.15) is 29.0 Å². The van der Waals surface area contributed by atoms with Crippen LogP contribution in [0.25, 0.3) is 0 Å². The van der Waals surface area contributed by atoms with E-state index in [1.54, 1.807) is 19.1 Å². The van der Waals surface area contributed by atoms with E-state index < -0.39 is 11.9 Å². The number of rotatable bonds is 4. The van der Waals surface area contributed by atoms with Crippen LogP contribution in [0.3, 0.4) is 0 Å². The van der Waals surface area contributed by atoms with Crippen molar-refractivity contribution >= 4 is 12.3 Å². The molecule has 5 nitrogen and oxygen atoms in total. The van der Waals surface area contributed by atoms with Crippen molar-refractivity contribution < 1.29 is 23.8 Å². The Bertz CT molecular complexity index is 582. The number of hydrogen-bond acceptors (Lipinski definition) is 5. The highest BCUT2D eigenvalue weighted by molar-refractivity contribution is 5.79. The zero-order chi connectivity index (χ0) is 13.8. The lowest BCUT2D eigenvalue weighted by molar-refractivity contribution is -0.136. The molecule has 0 fully saturated rings. The molecule has 0 aliphatic heterocycles. The van der Waals surface area contributed by atoms with Crippen molar-refractivity contribution in [3.05, 3.63) is 47.7 Å². The second-order valence-corrected chi connectivity index (χ2v) is 4.01. The fourth-order valence-corrected chi connectivity index (χ4v) is 1.54.